The topological polar surface area (TPSA) is 87.3 Å². The predicted molar refractivity (Wildman–Crippen MR) is 121 cm³/mol. The molecule has 0 aromatic heterocycles. The van der Waals surface area contributed by atoms with Crippen LogP contribution in [0.15, 0.2) is 78.9 Å². The predicted octanol–water partition coefficient (Wildman–Crippen LogP) is 4.31. The standard InChI is InChI=1S/C25H25N3O3/c1-25(2,3)20-13-9-18(10-14-20)22(29)26-21-15-11-19(12-16-21)24(31)28-27-23(30)17-7-5-4-6-8-17/h4-16H,1-3H3,(H,26,29)(H,27,30)(H,28,31). The zero-order valence-corrected chi connectivity index (χ0v) is 17.7. The van der Waals surface area contributed by atoms with Crippen LogP contribution in [0.5, 0.6) is 0 Å². The fraction of sp³-hybridized carbons (Fsp3) is 0.160. The third-order valence-corrected chi connectivity index (χ3v) is 4.74. The van der Waals surface area contributed by atoms with Gasteiger partial charge in [-0.05, 0) is 59.5 Å². The van der Waals surface area contributed by atoms with E-state index in [0.717, 1.165) is 5.56 Å². The molecule has 0 unspecified atom stereocenters. The monoisotopic (exact) mass is 415 g/mol. The molecule has 0 saturated carbocycles. The summed E-state index contributed by atoms with van der Waals surface area (Å²) in [5, 5.41) is 2.81. The molecule has 3 aromatic carbocycles. The van der Waals surface area contributed by atoms with Gasteiger partial charge in [0.1, 0.15) is 0 Å². The first kappa shape index (κ1) is 21.8. The first-order valence-corrected chi connectivity index (χ1v) is 9.92. The minimum atomic E-state index is -0.458. The lowest BCUT2D eigenvalue weighted by Gasteiger charge is -2.19. The van der Waals surface area contributed by atoms with Crippen LogP contribution in [-0.2, 0) is 5.41 Å². The molecule has 0 spiro atoms. The zero-order chi connectivity index (χ0) is 22.4. The smallest absolute Gasteiger partial charge is 0.269 e. The van der Waals surface area contributed by atoms with Gasteiger partial charge in [-0.25, -0.2) is 0 Å². The number of benzene rings is 3. The number of anilines is 1. The number of amides is 3. The lowest BCUT2D eigenvalue weighted by atomic mass is 9.87. The number of hydrogen-bond acceptors (Lipinski definition) is 3. The molecule has 6 nitrogen and oxygen atoms in total. The number of nitrogens with one attached hydrogen (secondary N) is 3. The molecule has 0 aliphatic rings. The number of hydrogen-bond donors (Lipinski definition) is 3. The van der Waals surface area contributed by atoms with Gasteiger partial charge in [-0.2, -0.15) is 0 Å². The number of carbonyl (C=O) groups is 3. The highest BCUT2D eigenvalue weighted by molar-refractivity contribution is 6.04. The van der Waals surface area contributed by atoms with Gasteiger partial charge in [0, 0.05) is 22.4 Å². The molecule has 3 N–H and O–H groups in total. The van der Waals surface area contributed by atoms with E-state index >= 15 is 0 Å². The van der Waals surface area contributed by atoms with E-state index < -0.39 is 11.8 Å². The zero-order valence-electron chi connectivity index (χ0n) is 17.7. The van der Waals surface area contributed by atoms with Crippen LogP contribution in [0.2, 0.25) is 0 Å². The maximum Gasteiger partial charge on any atom is 0.269 e. The van der Waals surface area contributed by atoms with Crippen LogP contribution in [0.3, 0.4) is 0 Å². The Hall–Kier alpha value is -3.93. The van der Waals surface area contributed by atoms with Gasteiger partial charge in [0.25, 0.3) is 17.7 Å². The second-order valence-corrected chi connectivity index (χ2v) is 8.13. The highest BCUT2D eigenvalue weighted by atomic mass is 16.2. The molecular formula is C25H25N3O3. The first-order valence-electron chi connectivity index (χ1n) is 9.92. The molecule has 0 radical (unpaired) electrons. The first-order chi connectivity index (χ1) is 14.7. The number of carbonyl (C=O) groups excluding carboxylic acids is 3. The minimum absolute atomic E-state index is 0.0198. The molecule has 3 rings (SSSR count). The summed E-state index contributed by atoms with van der Waals surface area (Å²) < 4.78 is 0. The van der Waals surface area contributed by atoms with Crippen molar-refractivity contribution in [2.45, 2.75) is 26.2 Å². The minimum Gasteiger partial charge on any atom is -0.322 e. The van der Waals surface area contributed by atoms with Crippen molar-refractivity contribution in [1.29, 1.82) is 0 Å². The lowest BCUT2D eigenvalue weighted by molar-refractivity contribution is 0.0846. The summed E-state index contributed by atoms with van der Waals surface area (Å²) in [4.78, 5) is 36.7. The highest BCUT2D eigenvalue weighted by Crippen LogP contribution is 2.22. The third kappa shape index (κ3) is 5.79. The lowest BCUT2D eigenvalue weighted by Crippen LogP contribution is -2.41. The fourth-order valence-corrected chi connectivity index (χ4v) is 2.88. The van der Waals surface area contributed by atoms with E-state index in [1.165, 1.54) is 0 Å². The van der Waals surface area contributed by atoms with Gasteiger partial charge in [-0.3, -0.25) is 25.2 Å². The van der Waals surface area contributed by atoms with Gasteiger partial charge in [0.15, 0.2) is 0 Å². The SMILES string of the molecule is CC(C)(C)c1ccc(C(=O)Nc2ccc(C(=O)NNC(=O)c3ccccc3)cc2)cc1. The maximum absolute atomic E-state index is 12.5. The van der Waals surface area contributed by atoms with Crippen molar-refractivity contribution in [3.05, 3.63) is 101 Å². The van der Waals surface area contributed by atoms with Gasteiger partial charge < -0.3 is 5.32 Å². The molecule has 0 aliphatic heterocycles. The quantitative estimate of drug-likeness (QED) is 0.555. The Kier molecular flexibility index (Phi) is 6.50. The molecular weight excluding hydrogens is 390 g/mol. The summed E-state index contributed by atoms with van der Waals surface area (Å²) in [7, 11) is 0. The van der Waals surface area contributed by atoms with E-state index in [2.05, 4.69) is 36.9 Å². The van der Waals surface area contributed by atoms with Gasteiger partial charge in [-0.15, -0.1) is 0 Å². The molecule has 0 bridgehead atoms. The van der Waals surface area contributed by atoms with Crippen LogP contribution < -0.4 is 16.2 Å². The Morgan fingerprint density at radius 3 is 1.55 bits per heavy atom. The van der Waals surface area contributed by atoms with Crippen LogP contribution in [0.1, 0.15) is 57.4 Å². The van der Waals surface area contributed by atoms with Crippen LogP contribution in [0, 0.1) is 0 Å². The molecule has 158 valence electrons. The maximum atomic E-state index is 12.5. The molecule has 3 amide bonds. The summed E-state index contributed by atoms with van der Waals surface area (Å²) in [6, 6.07) is 22.5. The molecule has 3 aromatic rings. The van der Waals surface area contributed by atoms with E-state index in [0.29, 0.717) is 22.4 Å². The highest BCUT2D eigenvalue weighted by Gasteiger charge is 2.15. The summed E-state index contributed by atoms with van der Waals surface area (Å²) in [5.41, 5.74) is 7.83. The van der Waals surface area contributed by atoms with E-state index in [1.807, 2.05) is 12.1 Å². The van der Waals surface area contributed by atoms with Crippen LogP contribution in [-0.4, -0.2) is 17.7 Å². The summed E-state index contributed by atoms with van der Waals surface area (Å²) in [5.74, 6) is -1.09. The largest absolute Gasteiger partial charge is 0.322 e. The molecule has 0 fully saturated rings. The van der Waals surface area contributed by atoms with Crippen molar-refractivity contribution < 1.29 is 14.4 Å². The van der Waals surface area contributed by atoms with Crippen molar-refractivity contribution in [2.75, 3.05) is 5.32 Å². The average molecular weight is 415 g/mol. The summed E-state index contributed by atoms with van der Waals surface area (Å²) in [6.07, 6.45) is 0. The van der Waals surface area contributed by atoms with Crippen LogP contribution in [0.25, 0.3) is 0 Å². The van der Waals surface area contributed by atoms with Crippen molar-refractivity contribution in [3.63, 3.8) is 0 Å². The summed E-state index contributed by atoms with van der Waals surface area (Å²) >= 11 is 0. The van der Waals surface area contributed by atoms with Gasteiger partial charge in [0.05, 0.1) is 0 Å². The van der Waals surface area contributed by atoms with Crippen molar-refractivity contribution >= 4 is 23.4 Å². The van der Waals surface area contributed by atoms with E-state index in [1.54, 1.807) is 66.7 Å². The van der Waals surface area contributed by atoms with Gasteiger partial charge in [0.2, 0.25) is 0 Å². The molecule has 0 aliphatic carbocycles. The number of hydrazine groups is 1. The van der Waals surface area contributed by atoms with Crippen LogP contribution >= 0.6 is 0 Å². The fourth-order valence-electron chi connectivity index (χ4n) is 2.88. The molecule has 0 heterocycles. The Labute approximate surface area is 181 Å². The third-order valence-electron chi connectivity index (χ3n) is 4.74. The van der Waals surface area contributed by atoms with Gasteiger partial charge >= 0.3 is 0 Å². The molecule has 6 heteroatoms. The second-order valence-electron chi connectivity index (χ2n) is 8.13. The van der Waals surface area contributed by atoms with E-state index in [9.17, 15) is 14.4 Å². The Bertz CT molecular complexity index is 1070. The van der Waals surface area contributed by atoms with Crippen molar-refractivity contribution in [2.24, 2.45) is 0 Å². The summed E-state index contributed by atoms with van der Waals surface area (Å²) in [6.45, 7) is 6.35. The molecule has 0 atom stereocenters. The Balaban J connectivity index is 1.56. The van der Waals surface area contributed by atoms with E-state index in [4.69, 9.17) is 0 Å². The van der Waals surface area contributed by atoms with Gasteiger partial charge in [-0.1, -0.05) is 51.1 Å². The van der Waals surface area contributed by atoms with Crippen molar-refractivity contribution in [3.8, 4) is 0 Å². The Morgan fingerprint density at radius 2 is 1.03 bits per heavy atom. The molecule has 0 saturated heterocycles. The molecule has 31 heavy (non-hydrogen) atoms. The normalized spacial score (nSPS) is 10.8. The van der Waals surface area contributed by atoms with E-state index in [-0.39, 0.29) is 11.3 Å². The number of rotatable bonds is 4. The Morgan fingerprint density at radius 1 is 0.581 bits per heavy atom. The van der Waals surface area contributed by atoms with Crippen molar-refractivity contribution in [1.82, 2.24) is 10.9 Å². The second kappa shape index (κ2) is 9.26. The average Bonchev–Trinajstić information content (AvgIpc) is 2.77. The van der Waals surface area contributed by atoms with Crippen LogP contribution in [0.4, 0.5) is 5.69 Å².